The Hall–Kier alpha value is -2.07. The van der Waals surface area contributed by atoms with E-state index >= 15 is 0 Å². The van der Waals surface area contributed by atoms with Gasteiger partial charge in [-0.1, -0.05) is 41.9 Å². The normalized spacial score (nSPS) is 15.3. The van der Waals surface area contributed by atoms with E-state index in [9.17, 15) is 13.2 Å². The molecule has 0 atom stereocenters. The van der Waals surface area contributed by atoms with E-state index < -0.39 is 10.0 Å². The molecule has 1 aromatic heterocycles. The summed E-state index contributed by atoms with van der Waals surface area (Å²) in [5.74, 6) is -0.103. The number of anilines is 1. The van der Waals surface area contributed by atoms with Gasteiger partial charge in [-0.2, -0.15) is 4.31 Å². The summed E-state index contributed by atoms with van der Waals surface area (Å²) in [6, 6.07) is 12.3. The number of imidazole rings is 1. The van der Waals surface area contributed by atoms with Crippen molar-refractivity contribution in [3.8, 4) is 0 Å². The van der Waals surface area contributed by atoms with Crippen LogP contribution in [0.1, 0.15) is 19.3 Å². The fourth-order valence-corrected chi connectivity index (χ4v) is 6.41. The van der Waals surface area contributed by atoms with Crippen LogP contribution in [0.3, 0.4) is 0 Å². The lowest BCUT2D eigenvalue weighted by Crippen LogP contribution is -2.35. The number of halogens is 1. The lowest BCUT2D eigenvalue weighted by Gasteiger charge is -2.26. The van der Waals surface area contributed by atoms with Crippen LogP contribution in [0.25, 0.3) is 11.0 Å². The highest BCUT2D eigenvalue weighted by Crippen LogP contribution is 2.30. The molecule has 0 aliphatic carbocycles. The first-order valence-corrected chi connectivity index (χ1v) is 12.8. The number of thioether (sulfide) groups is 1. The Balaban J connectivity index is 1.46. The van der Waals surface area contributed by atoms with Crippen molar-refractivity contribution in [1.29, 1.82) is 0 Å². The van der Waals surface area contributed by atoms with Crippen molar-refractivity contribution in [3.05, 3.63) is 47.5 Å². The Labute approximate surface area is 190 Å². The number of para-hydroxylation sites is 2. The second kappa shape index (κ2) is 9.20. The second-order valence-electron chi connectivity index (χ2n) is 7.39. The molecule has 1 N–H and O–H groups in total. The first kappa shape index (κ1) is 22.1. The average Bonchev–Trinajstić information content (AvgIpc) is 3.10. The van der Waals surface area contributed by atoms with Gasteiger partial charge in [0, 0.05) is 25.8 Å². The molecule has 0 unspecified atom stereocenters. The van der Waals surface area contributed by atoms with Crippen LogP contribution < -0.4 is 5.32 Å². The van der Waals surface area contributed by atoms with Crippen molar-refractivity contribution in [3.63, 3.8) is 0 Å². The Morgan fingerprint density at radius 2 is 1.90 bits per heavy atom. The number of hydrogen-bond acceptors (Lipinski definition) is 5. The van der Waals surface area contributed by atoms with E-state index in [4.69, 9.17) is 11.6 Å². The van der Waals surface area contributed by atoms with Crippen LogP contribution in [0, 0.1) is 0 Å². The van der Waals surface area contributed by atoms with E-state index in [1.165, 1.54) is 28.2 Å². The zero-order valence-corrected chi connectivity index (χ0v) is 19.4. The maximum absolute atomic E-state index is 13.0. The quantitative estimate of drug-likeness (QED) is 0.538. The molecule has 1 fully saturated rings. The maximum Gasteiger partial charge on any atom is 0.244 e. The van der Waals surface area contributed by atoms with E-state index in [0.717, 1.165) is 35.5 Å². The summed E-state index contributed by atoms with van der Waals surface area (Å²) in [5.41, 5.74) is 2.27. The smallest absolute Gasteiger partial charge is 0.244 e. The molecule has 164 valence electrons. The SMILES string of the molecule is Cn1c(SCC(=O)Nc2ccc(Cl)c(S(=O)(=O)N3CCCCC3)c2)nc2ccccc21. The second-order valence-corrected chi connectivity index (χ2v) is 10.6. The van der Waals surface area contributed by atoms with Gasteiger partial charge in [-0.3, -0.25) is 4.79 Å². The molecule has 0 bridgehead atoms. The van der Waals surface area contributed by atoms with Crippen LogP contribution in [0.5, 0.6) is 0 Å². The molecule has 4 rings (SSSR count). The predicted molar refractivity (Wildman–Crippen MR) is 124 cm³/mol. The van der Waals surface area contributed by atoms with Crippen molar-refractivity contribution < 1.29 is 13.2 Å². The minimum absolute atomic E-state index is 0.0249. The van der Waals surface area contributed by atoms with Crippen molar-refractivity contribution in [1.82, 2.24) is 13.9 Å². The van der Waals surface area contributed by atoms with Crippen LogP contribution in [-0.2, 0) is 21.9 Å². The molecule has 0 saturated carbocycles. The number of rotatable bonds is 6. The van der Waals surface area contributed by atoms with E-state index in [0.29, 0.717) is 18.8 Å². The Kier molecular flexibility index (Phi) is 6.57. The topological polar surface area (TPSA) is 84.3 Å². The fourth-order valence-electron chi connectivity index (χ4n) is 3.60. The number of carbonyl (C=O) groups is 1. The molecule has 7 nitrogen and oxygen atoms in total. The van der Waals surface area contributed by atoms with Gasteiger partial charge >= 0.3 is 0 Å². The summed E-state index contributed by atoms with van der Waals surface area (Å²) in [5, 5.41) is 3.66. The van der Waals surface area contributed by atoms with Gasteiger partial charge in [-0.25, -0.2) is 13.4 Å². The third kappa shape index (κ3) is 4.74. The average molecular weight is 479 g/mol. The van der Waals surface area contributed by atoms with Crippen LogP contribution in [-0.4, -0.2) is 47.0 Å². The highest BCUT2D eigenvalue weighted by molar-refractivity contribution is 7.99. The monoisotopic (exact) mass is 478 g/mol. The van der Waals surface area contributed by atoms with Gasteiger partial charge in [0.25, 0.3) is 0 Å². The number of nitrogens with zero attached hydrogens (tertiary/aromatic N) is 3. The molecule has 1 aliphatic heterocycles. The van der Waals surface area contributed by atoms with Gasteiger partial charge in [0.15, 0.2) is 5.16 Å². The zero-order chi connectivity index (χ0) is 22.0. The van der Waals surface area contributed by atoms with Crippen molar-refractivity contribution >= 4 is 56.0 Å². The van der Waals surface area contributed by atoms with Crippen molar-refractivity contribution in [2.75, 3.05) is 24.2 Å². The maximum atomic E-state index is 13.0. The molecule has 1 saturated heterocycles. The van der Waals surface area contributed by atoms with Gasteiger partial charge < -0.3 is 9.88 Å². The van der Waals surface area contributed by atoms with E-state index in [2.05, 4.69) is 10.3 Å². The third-order valence-electron chi connectivity index (χ3n) is 5.23. The van der Waals surface area contributed by atoms with E-state index in [1.807, 2.05) is 35.9 Å². The largest absolute Gasteiger partial charge is 0.325 e. The number of benzene rings is 2. The minimum atomic E-state index is -3.70. The number of hydrogen-bond donors (Lipinski definition) is 1. The lowest BCUT2D eigenvalue weighted by molar-refractivity contribution is -0.113. The molecule has 1 amide bonds. The highest BCUT2D eigenvalue weighted by Gasteiger charge is 2.28. The number of sulfonamides is 1. The highest BCUT2D eigenvalue weighted by atomic mass is 35.5. The summed E-state index contributed by atoms with van der Waals surface area (Å²) in [7, 11) is -1.79. The number of aryl methyl sites for hydroxylation is 1. The number of carbonyl (C=O) groups excluding carboxylic acids is 1. The number of nitrogens with one attached hydrogen (secondary N) is 1. The molecule has 31 heavy (non-hydrogen) atoms. The molecular formula is C21H23ClN4O3S2. The number of fused-ring (bicyclic) bond motifs is 1. The summed E-state index contributed by atoms with van der Waals surface area (Å²) in [4.78, 5) is 17.1. The Bertz CT molecular complexity index is 1220. The number of amides is 1. The first-order valence-electron chi connectivity index (χ1n) is 10.00. The Morgan fingerprint density at radius 3 is 2.65 bits per heavy atom. The molecule has 1 aliphatic rings. The van der Waals surface area contributed by atoms with Gasteiger partial charge in [-0.05, 0) is 43.2 Å². The minimum Gasteiger partial charge on any atom is -0.325 e. The molecular weight excluding hydrogens is 456 g/mol. The van der Waals surface area contributed by atoms with Crippen LogP contribution in [0.15, 0.2) is 52.5 Å². The zero-order valence-electron chi connectivity index (χ0n) is 17.0. The van der Waals surface area contributed by atoms with Crippen LogP contribution in [0.4, 0.5) is 5.69 Å². The van der Waals surface area contributed by atoms with Crippen LogP contribution in [0.2, 0.25) is 5.02 Å². The number of aromatic nitrogens is 2. The summed E-state index contributed by atoms with van der Waals surface area (Å²) in [6.07, 6.45) is 2.71. The first-order chi connectivity index (χ1) is 14.9. The summed E-state index contributed by atoms with van der Waals surface area (Å²) >= 11 is 7.52. The van der Waals surface area contributed by atoms with Crippen LogP contribution >= 0.6 is 23.4 Å². The number of piperidine rings is 1. The molecule has 0 radical (unpaired) electrons. The van der Waals surface area contributed by atoms with Gasteiger partial charge in [0.2, 0.25) is 15.9 Å². The standard InChI is InChI=1S/C21H23ClN4O3S2/c1-25-18-8-4-3-7-17(18)24-21(25)30-14-20(27)23-15-9-10-16(22)19(13-15)31(28,29)26-11-5-2-6-12-26/h3-4,7-10,13H,2,5-6,11-12,14H2,1H3,(H,23,27). The third-order valence-corrected chi connectivity index (χ3v) is 8.64. The van der Waals surface area contributed by atoms with Crippen molar-refractivity contribution in [2.45, 2.75) is 29.3 Å². The van der Waals surface area contributed by atoms with Gasteiger partial charge in [0.05, 0.1) is 21.8 Å². The van der Waals surface area contributed by atoms with Crippen molar-refractivity contribution in [2.24, 2.45) is 7.05 Å². The fraction of sp³-hybridized carbons (Fsp3) is 0.333. The molecule has 10 heteroatoms. The molecule has 0 spiro atoms. The molecule has 3 aromatic rings. The van der Waals surface area contributed by atoms with Gasteiger partial charge in [-0.15, -0.1) is 0 Å². The predicted octanol–water partition coefficient (Wildman–Crippen LogP) is 4.13. The summed E-state index contributed by atoms with van der Waals surface area (Å²) < 4.78 is 29.4. The van der Waals surface area contributed by atoms with E-state index in [-0.39, 0.29) is 21.6 Å². The lowest BCUT2D eigenvalue weighted by atomic mass is 10.2. The Morgan fingerprint density at radius 1 is 1.16 bits per heavy atom. The molecule has 2 heterocycles. The van der Waals surface area contributed by atoms with Gasteiger partial charge in [0.1, 0.15) is 4.90 Å². The summed E-state index contributed by atoms with van der Waals surface area (Å²) in [6.45, 7) is 0.980. The van der Waals surface area contributed by atoms with E-state index in [1.54, 1.807) is 6.07 Å². The molecule has 2 aromatic carbocycles.